The van der Waals surface area contributed by atoms with Crippen molar-refractivity contribution in [2.45, 2.75) is 17.1 Å². The smallest absolute Gasteiger partial charge is 0.277 e. The molecule has 9 heteroatoms. The van der Waals surface area contributed by atoms with Crippen molar-refractivity contribution >= 4 is 38.9 Å². The van der Waals surface area contributed by atoms with E-state index in [1.165, 1.54) is 28.1 Å². The van der Waals surface area contributed by atoms with Gasteiger partial charge in [-0.25, -0.2) is 8.42 Å². The summed E-state index contributed by atoms with van der Waals surface area (Å²) in [5.41, 5.74) is 0. The Kier molecular flexibility index (Phi) is 5.27. The van der Waals surface area contributed by atoms with E-state index < -0.39 is 10.0 Å². The maximum absolute atomic E-state index is 12.5. The van der Waals surface area contributed by atoms with Crippen LogP contribution in [0, 0.1) is 0 Å². The SMILES string of the molecule is O=C(C[NH+]1CCCC1)N1CCN(S(=O)(=O)c2ccc(Cl)s2)CC1. The highest BCUT2D eigenvalue weighted by Crippen LogP contribution is 2.28. The van der Waals surface area contributed by atoms with Crippen LogP contribution in [0.2, 0.25) is 4.34 Å². The molecule has 0 radical (unpaired) electrons. The number of halogens is 1. The van der Waals surface area contributed by atoms with E-state index in [1.54, 1.807) is 11.0 Å². The summed E-state index contributed by atoms with van der Waals surface area (Å²) in [5.74, 6) is 0.137. The predicted molar refractivity (Wildman–Crippen MR) is 89.5 cm³/mol. The molecule has 3 heterocycles. The number of nitrogens with zero attached hydrogens (tertiary/aromatic N) is 2. The fourth-order valence-electron chi connectivity index (χ4n) is 3.12. The van der Waals surface area contributed by atoms with Crippen LogP contribution in [0.25, 0.3) is 0 Å². The van der Waals surface area contributed by atoms with Crippen molar-refractivity contribution in [1.29, 1.82) is 0 Å². The van der Waals surface area contributed by atoms with E-state index in [9.17, 15) is 13.2 Å². The van der Waals surface area contributed by atoms with E-state index in [2.05, 4.69) is 0 Å². The van der Waals surface area contributed by atoms with Crippen LogP contribution in [-0.2, 0) is 14.8 Å². The Hall–Kier alpha value is -0.670. The number of carbonyl (C=O) groups is 1. The molecular weight excluding hydrogens is 358 g/mol. The van der Waals surface area contributed by atoms with E-state index >= 15 is 0 Å². The fourth-order valence-corrected chi connectivity index (χ4v) is 6.18. The third-order valence-electron chi connectivity index (χ3n) is 4.45. The number of likely N-dealkylation sites (tertiary alicyclic amines) is 1. The highest BCUT2D eigenvalue weighted by Gasteiger charge is 2.32. The lowest BCUT2D eigenvalue weighted by molar-refractivity contribution is -0.879. The van der Waals surface area contributed by atoms with Crippen LogP contribution in [0.1, 0.15) is 12.8 Å². The zero-order chi connectivity index (χ0) is 16.4. The summed E-state index contributed by atoms with van der Waals surface area (Å²) < 4.78 is 27.2. The van der Waals surface area contributed by atoms with Crippen molar-refractivity contribution in [3.05, 3.63) is 16.5 Å². The minimum Gasteiger partial charge on any atom is -0.335 e. The van der Waals surface area contributed by atoms with Crippen molar-refractivity contribution in [2.75, 3.05) is 45.8 Å². The second-order valence-electron chi connectivity index (χ2n) is 5.98. The number of thiophene rings is 1. The van der Waals surface area contributed by atoms with Crippen LogP contribution in [-0.4, -0.2) is 69.3 Å². The third-order valence-corrected chi connectivity index (χ3v) is 8.04. The molecule has 0 aromatic carbocycles. The van der Waals surface area contributed by atoms with Crippen molar-refractivity contribution < 1.29 is 18.1 Å². The molecule has 3 rings (SSSR count). The van der Waals surface area contributed by atoms with Gasteiger partial charge in [-0.3, -0.25) is 4.79 Å². The predicted octanol–water partition coefficient (Wildman–Crippen LogP) is -0.0869. The molecule has 128 valence electrons. The molecule has 23 heavy (non-hydrogen) atoms. The van der Waals surface area contributed by atoms with Crippen LogP contribution < -0.4 is 4.90 Å². The van der Waals surface area contributed by atoms with Gasteiger partial charge in [0.25, 0.3) is 15.9 Å². The molecule has 0 bridgehead atoms. The van der Waals surface area contributed by atoms with Crippen molar-refractivity contribution in [3.8, 4) is 0 Å². The van der Waals surface area contributed by atoms with Gasteiger partial charge in [0.1, 0.15) is 4.21 Å². The normalized spacial score (nSPS) is 21.0. The van der Waals surface area contributed by atoms with Gasteiger partial charge in [-0.05, 0) is 12.1 Å². The highest BCUT2D eigenvalue weighted by molar-refractivity contribution is 7.91. The second-order valence-corrected chi connectivity index (χ2v) is 9.86. The van der Waals surface area contributed by atoms with Gasteiger partial charge in [-0.15, -0.1) is 11.3 Å². The van der Waals surface area contributed by atoms with Gasteiger partial charge in [0.2, 0.25) is 0 Å². The average molecular weight is 379 g/mol. The Bertz CT molecular complexity index is 663. The molecule has 6 nitrogen and oxygen atoms in total. The summed E-state index contributed by atoms with van der Waals surface area (Å²) in [6.07, 6.45) is 2.38. The number of rotatable bonds is 4. The highest BCUT2D eigenvalue weighted by atomic mass is 35.5. The number of sulfonamides is 1. The first kappa shape index (κ1) is 17.2. The number of carbonyl (C=O) groups excluding carboxylic acids is 1. The molecule has 0 unspecified atom stereocenters. The number of piperazine rings is 1. The molecule has 0 saturated carbocycles. The fraction of sp³-hybridized carbons (Fsp3) is 0.643. The third kappa shape index (κ3) is 3.88. The molecular formula is C14H21ClN3O3S2+. The minimum atomic E-state index is -3.49. The molecule has 1 N–H and O–H groups in total. The van der Waals surface area contributed by atoms with Crippen molar-refractivity contribution in [3.63, 3.8) is 0 Å². The maximum Gasteiger partial charge on any atom is 0.277 e. The van der Waals surface area contributed by atoms with Gasteiger partial charge in [0.05, 0.1) is 17.4 Å². The second kappa shape index (κ2) is 7.06. The summed E-state index contributed by atoms with van der Waals surface area (Å²) in [6.45, 7) is 4.29. The first-order valence-electron chi connectivity index (χ1n) is 7.83. The number of quaternary nitrogens is 1. The van der Waals surface area contributed by atoms with E-state index in [0.29, 0.717) is 37.1 Å². The lowest BCUT2D eigenvalue weighted by Gasteiger charge is -2.33. The number of nitrogens with one attached hydrogen (secondary N) is 1. The summed E-state index contributed by atoms with van der Waals surface area (Å²) in [5, 5.41) is 0. The number of hydrogen-bond donors (Lipinski definition) is 1. The van der Waals surface area contributed by atoms with Crippen LogP contribution in [0.5, 0.6) is 0 Å². The molecule has 2 aliphatic heterocycles. The molecule has 2 saturated heterocycles. The quantitative estimate of drug-likeness (QED) is 0.796. The average Bonchev–Trinajstić information content (AvgIpc) is 3.19. The summed E-state index contributed by atoms with van der Waals surface area (Å²) in [4.78, 5) is 15.4. The van der Waals surface area contributed by atoms with Crippen LogP contribution in [0.3, 0.4) is 0 Å². The topological polar surface area (TPSA) is 62.1 Å². The van der Waals surface area contributed by atoms with Gasteiger partial charge >= 0.3 is 0 Å². The Labute approximate surface area is 145 Å². The first-order valence-corrected chi connectivity index (χ1v) is 10.5. The summed E-state index contributed by atoms with van der Waals surface area (Å²) in [6, 6.07) is 3.13. The van der Waals surface area contributed by atoms with E-state index in [4.69, 9.17) is 11.6 Å². The molecule has 2 aliphatic rings. The molecule has 1 aromatic rings. The molecule has 1 amide bonds. The van der Waals surface area contributed by atoms with E-state index in [-0.39, 0.29) is 10.1 Å². The van der Waals surface area contributed by atoms with Gasteiger partial charge in [-0.1, -0.05) is 11.6 Å². The molecule has 2 fully saturated rings. The number of hydrogen-bond acceptors (Lipinski definition) is 4. The van der Waals surface area contributed by atoms with Gasteiger partial charge < -0.3 is 9.80 Å². The van der Waals surface area contributed by atoms with Gasteiger partial charge in [0, 0.05) is 39.0 Å². The summed E-state index contributed by atoms with van der Waals surface area (Å²) >= 11 is 6.90. The zero-order valence-corrected chi connectivity index (χ0v) is 15.2. The zero-order valence-electron chi connectivity index (χ0n) is 12.8. The van der Waals surface area contributed by atoms with Gasteiger partial charge in [-0.2, -0.15) is 4.31 Å². The Morgan fingerprint density at radius 3 is 2.39 bits per heavy atom. The molecule has 0 aliphatic carbocycles. The monoisotopic (exact) mass is 378 g/mol. The summed E-state index contributed by atoms with van der Waals surface area (Å²) in [7, 11) is -3.49. The standard InChI is InChI=1S/C14H20ClN3O3S2/c15-12-3-4-14(22-12)23(20,21)18-9-7-17(8-10-18)13(19)11-16-5-1-2-6-16/h3-4H,1-2,5-11H2/p+1. The van der Waals surface area contributed by atoms with Crippen LogP contribution in [0.15, 0.2) is 16.3 Å². The van der Waals surface area contributed by atoms with Crippen molar-refractivity contribution in [1.82, 2.24) is 9.21 Å². The van der Waals surface area contributed by atoms with Crippen LogP contribution in [0.4, 0.5) is 0 Å². The lowest BCUT2D eigenvalue weighted by Crippen LogP contribution is -3.11. The van der Waals surface area contributed by atoms with Crippen molar-refractivity contribution in [2.24, 2.45) is 0 Å². The largest absolute Gasteiger partial charge is 0.335 e. The minimum absolute atomic E-state index is 0.137. The lowest BCUT2D eigenvalue weighted by atomic mass is 10.3. The molecule has 1 aromatic heterocycles. The van der Waals surface area contributed by atoms with Crippen LogP contribution >= 0.6 is 22.9 Å². The van der Waals surface area contributed by atoms with E-state index in [0.717, 1.165) is 24.4 Å². The van der Waals surface area contributed by atoms with Gasteiger partial charge in [0.15, 0.2) is 6.54 Å². The maximum atomic E-state index is 12.5. The number of amides is 1. The Balaban J connectivity index is 1.56. The Morgan fingerprint density at radius 1 is 1.17 bits per heavy atom. The molecule has 0 atom stereocenters. The van der Waals surface area contributed by atoms with E-state index in [1.807, 2.05) is 0 Å². The first-order chi connectivity index (χ1) is 11.0. The Morgan fingerprint density at radius 2 is 1.83 bits per heavy atom. The molecule has 0 spiro atoms.